The molecule has 0 amide bonds. The lowest BCUT2D eigenvalue weighted by molar-refractivity contribution is 0.289. The summed E-state index contributed by atoms with van der Waals surface area (Å²) in [6.07, 6.45) is 5.40. The molecular formula is C24H22INO. The first kappa shape index (κ1) is 18.1. The summed E-state index contributed by atoms with van der Waals surface area (Å²) in [5.74, 6) is 1.00. The molecule has 1 aliphatic rings. The molecule has 3 heteroatoms. The number of benzene rings is 3. The van der Waals surface area contributed by atoms with Crippen molar-refractivity contribution < 1.29 is 4.74 Å². The maximum Gasteiger partial charge on any atom is 0.161 e. The zero-order chi connectivity index (χ0) is 18.6. The topological polar surface area (TPSA) is 12.5 Å². The lowest BCUT2D eigenvalue weighted by Gasteiger charge is -2.31. The van der Waals surface area contributed by atoms with Gasteiger partial charge in [-0.15, -0.1) is 0 Å². The molecule has 4 rings (SSSR count). The van der Waals surface area contributed by atoms with Crippen LogP contribution in [0.5, 0.6) is 5.75 Å². The average molecular weight is 467 g/mol. The fourth-order valence-corrected chi connectivity index (χ4v) is 3.79. The fourth-order valence-electron chi connectivity index (χ4n) is 3.23. The molecule has 0 N–H and O–H groups in total. The summed E-state index contributed by atoms with van der Waals surface area (Å²) in [4.78, 5) is 2.26. The van der Waals surface area contributed by atoms with Crippen LogP contribution in [0.1, 0.15) is 29.2 Å². The largest absolute Gasteiger partial charge is 0.473 e. The van der Waals surface area contributed by atoms with E-state index in [1.54, 1.807) is 0 Å². The molecule has 0 atom stereocenters. The molecule has 0 fully saturated rings. The van der Waals surface area contributed by atoms with Crippen molar-refractivity contribution in [2.45, 2.75) is 19.9 Å². The molecule has 0 bridgehead atoms. The highest BCUT2D eigenvalue weighted by molar-refractivity contribution is 14.1. The Hall–Kier alpha value is -2.27. The Morgan fingerprint density at radius 2 is 1.59 bits per heavy atom. The summed E-state index contributed by atoms with van der Waals surface area (Å²) in [6.45, 7) is 3.65. The van der Waals surface area contributed by atoms with Gasteiger partial charge in [0.15, 0.2) is 6.73 Å². The van der Waals surface area contributed by atoms with Crippen molar-refractivity contribution in [1.82, 2.24) is 0 Å². The van der Waals surface area contributed by atoms with Crippen LogP contribution < -0.4 is 9.64 Å². The van der Waals surface area contributed by atoms with Gasteiger partial charge in [-0.05, 0) is 76.0 Å². The maximum absolute atomic E-state index is 5.91. The van der Waals surface area contributed by atoms with Crippen molar-refractivity contribution in [3.8, 4) is 5.75 Å². The van der Waals surface area contributed by atoms with Gasteiger partial charge < -0.3 is 9.64 Å². The fraction of sp³-hybridized carbons (Fsp3) is 0.167. The Morgan fingerprint density at radius 3 is 2.26 bits per heavy atom. The van der Waals surface area contributed by atoms with Crippen LogP contribution in [0.15, 0.2) is 66.7 Å². The van der Waals surface area contributed by atoms with E-state index in [0.29, 0.717) is 6.73 Å². The molecule has 3 aromatic rings. The third-order valence-corrected chi connectivity index (χ3v) is 5.55. The standard InChI is InChI=1S/C24H22INO/c1-2-18-3-5-19(6-4-18)7-8-20-9-12-23(13-10-20)26-16-21-15-22(25)11-14-24(21)27-17-26/h3-15H,2,16-17H2,1H3/b8-7+. The van der Waals surface area contributed by atoms with Crippen LogP contribution in [-0.2, 0) is 13.0 Å². The van der Waals surface area contributed by atoms with Crippen molar-refractivity contribution in [3.63, 3.8) is 0 Å². The van der Waals surface area contributed by atoms with Crippen LogP contribution in [0.3, 0.4) is 0 Å². The molecule has 1 heterocycles. The monoisotopic (exact) mass is 467 g/mol. The molecular weight excluding hydrogens is 445 g/mol. The van der Waals surface area contributed by atoms with Gasteiger partial charge in [0, 0.05) is 21.4 Å². The predicted octanol–water partition coefficient (Wildman–Crippen LogP) is 6.38. The van der Waals surface area contributed by atoms with Gasteiger partial charge in [-0.25, -0.2) is 0 Å². The number of nitrogens with zero attached hydrogens (tertiary/aromatic N) is 1. The molecule has 0 spiro atoms. The van der Waals surface area contributed by atoms with Crippen LogP contribution in [0.4, 0.5) is 5.69 Å². The third kappa shape index (κ3) is 4.35. The van der Waals surface area contributed by atoms with Crippen molar-refractivity contribution >= 4 is 40.4 Å². The predicted molar refractivity (Wildman–Crippen MR) is 122 cm³/mol. The van der Waals surface area contributed by atoms with E-state index in [1.165, 1.54) is 31.5 Å². The molecule has 0 saturated carbocycles. The Morgan fingerprint density at radius 1 is 0.926 bits per heavy atom. The zero-order valence-corrected chi connectivity index (χ0v) is 17.5. The summed E-state index contributed by atoms with van der Waals surface area (Å²) in [6, 6.07) is 23.7. The van der Waals surface area contributed by atoms with Crippen LogP contribution in [0, 0.1) is 3.57 Å². The molecule has 0 aliphatic carbocycles. The first-order chi connectivity index (χ1) is 13.2. The molecule has 27 heavy (non-hydrogen) atoms. The molecule has 136 valence electrons. The van der Waals surface area contributed by atoms with E-state index in [1.807, 2.05) is 0 Å². The van der Waals surface area contributed by atoms with E-state index < -0.39 is 0 Å². The van der Waals surface area contributed by atoms with Gasteiger partial charge in [-0.1, -0.05) is 55.5 Å². The number of ether oxygens (including phenoxy) is 1. The third-order valence-electron chi connectivity index (χ3n) is 4.87. The summed E-state index contributed by atoms with van der Waals surface area (Å²) >= 11 is 2.35. The number of rotatable bonds is 4. The highest BCUT2D eigenvalue weighted by Gasteiger charge is 2.17. The second kappa shape index (κ2) is 8.17. The smallest absolute Gasteiger partial charge is 0.161 e. The van der Waals surface area contributed by atoms with E-state index in [2.05, 4.69) is 113 Å². The molecule has 2 nitrogen and oxygen atoms in total. The molecule has 1 aliphatic heterocycles. The first-order valence-corrected chi connectivity index (χ1v) is 10.3. The number of hydrogen-bond acceptors (Lipinski definition) is 2. The van der Waals surface area contributed by atoms with Gasteiger partial charge in [0.2, 0.25) is 0 Å². The number of aryl methyl sites for hydroxylation is 1. The SMILES string of the molecule is CCc1ccc(/C=C/c2ccc(N3COc4ccc(I)cc4C3)cc2)cc1. The van der Waals surface area contributed by atoms with E-state index in [0.717, 1.165) is 18.7 Å². The van der Waals surface area contributed by atoms with Gasteiger partial charge in [0.1, 0.15) is 5.75 Å². The number of halogens is 1. The second-order valence-corrected chi connectivity index (χ2v) is 7.99. The quantitative estimate of drug-likeness (QED) is 0.326. The van der Waals surface area contributed by atoms with Crippen LogP contribution in [0.25, 0.3) is 12.2 Å². The summed E-state index contributed by atoms with van der Waals surface area (Å²) in [5, 5.41) is 0. The molecule has 0 aromatic heterocycles. The lowest BCUT2D eigenvalue weighted by Crippen LogP contribution is -2.31. The number of fused-ring (bicyclic) bond motifs is 1. The lowest BCUT2D eigenvalue weighted by atomic mass is 10.1. The summed E-state index contributed by atoms with van der Waals surface area (Å²) in [7, 11) is 0. The first-order valence-electron chi connectivity index (χ1n) is 9.24. The molecule has 0 saturated heterocycles. The van der Waals surface area contributed by atoms with Gasteiger partial charge in [0.25, 0.3) is 0 Å². The van der Waals surface area contributed by atoms with Gasteiger partial charge in [-0.3, -0.25) is 0 Å². The average Bonchev–Trinajstić information content (AvgIpc) is 2.72. The van der Waals surface area contributed by atoms with Crippen molar-refractivity contribution in [2.24, 2.45) is 0 Å². The van der Waals surface area contributed by atoms with Crippen LogP contribution in [0.2, 0.25) is 0 Å². The normalized spacial score (nSPS) is 13.5. The Kier molecular flexibility index (Phi) is 5.48. The van der Waals surface area contributed by atoms with Crippen molar-refractivity contribution in [3.05, 3.63) is 92.6 Å². The highest BCUT2D eigenvalue weighted by Crippen LogP contribution is 2.29. The molecule has 0 unspecified atom stereocenters. The van der Waals surface area contributed by atoms with Crippen LogP contribution in [-0.4, -0.2) is 6.73 Å². The zero-order valence-electron chi connectivity index (χ0n) is 15.4. The van der Waals surface area contributed by atoms with E-state index in [4.69, 9.17) is 4.74 Å². The number of hydrogen-bond donors (Lipinski definition) is 0. The molecule has 0 radical (unpaired) electrons. The minimum absolute atomic E-state index is 0.590. The van der Waals surface area contributed by atoms with E-state index >= 15 is 0 Å². The Labute approximate surface area is 174 Å². The van der Waals surface area contributed by atoms with Crippen molar-refractivity contribution in [2.75, 3.05) is 11.6 Å². The van der Waals surface area contributed by atoms with Crippen LogP contribution >= 0.6 is 22.6 Å². The number of anilines is 1. The second-order valence-electron chi connectivity index (χ2n) is 6.74. The van der Waals surface area contributed by atoms with Crippen molar-refractivity contribution in [1.29, 1.82) is 0 Å². The molecule has 3 aromatic carbocycles. The Balaban J connectivity index is 1.45. The minimum atomic E-state index is 0.590. The Bertz CT molecular complexity index is 945. The summed E-state index contributed by atoms with van der Waals surface area (Å²) < 4.78 is 7.15. The van der Waals surface area contributed by atoms with E-state index in [9.17, 15) is 0 Å². The van der Waals surface area contributed by atoms with Gasteiger partial charge in [0.05, 0.1) is 0 Å². The van der Waals surface area contributed by atoms with E-state index in [-0.39, 0.29) is 0 Å². The maximum atomic E-state index is 5.91. The minimum Gasteiger partial charge on any atom is -0.473 e. The van der Waals surface area contributed by atoms with Gasteiger partial charge >= 0.3 is 0 Å². The summed E-state index contributed by atoms with van der Waals surface area (Å²) in [5.41, 5.74) is 6.23. The van der Waals surface area contributed by atoms with Gasteiger partial charge in [-0.2, -0.15) is 0 Å². The highest BCUT2D eigenvalue weighted by atomic mass is 127.